The summed E-state index contributed by atoms with van der Waals surface area (Å²) >= 11 is 0. The lowest BCUT2D eigenvalue weighted by atomic mass is 9.97. The van der Waals surface area contributed by atoms with Crippen LogP contribution in [0.2, 0.25) is 0 Å². The van der Waals surface area contributed by atoms with Gasteiger partial charge in [0.2, 0.25) is 10.0 Å². The van der Waals surface area contributed by atoms with E-state index in [-0.39, 0.29) is 17.0 Å². The molecule has 4 rings (SSSR count). The summed E-state index contributed by atoms with van der Waals surface area (Å²) in [6.07, 6.45) is 1.55. The topological polar surface area (TPSA) is 95.1 Å². The Balaban J connectivity index is 1.87. The van der Waals surface area contributed by atoms with E-state index in [2.05, 4.69) is 5.10 Å². The van der Waals surface area contributed by atoms with Crippen LogP contribution in [0.15, 0.2) is 94.7 Å². The standard InChI is InChI=1S/C23H18FN3O3S/c24-19-10-6-18(7-11-19)22-21(17-8-12-20(13-9-17)31(25,29)30)14-26-27(23(22)28)15-16-4-2-1-3-5-16/h1-14H,15H2,(H2,25,29,30). The second-order valence-corrected chi connectivity index (χ2v) is 8.52. The first-order chi connectivity index (χ1) is 14.8. The predicted octanol–water partition coefficient (Wildman–Crippen LogP) is 3.41. The summed E-state index contributed by atoms with van der Waals surface area (Å²) in [5.74, 6) is -0.415. The predicted molar refractivity (Wildman–Crippen MR) is 116 cm³/mol. The van der Waals surface area contributed by atoms with Crippen molar-refractivity contribution in [2.24, 2.45) is 5.14 Å². The molecule has 4 aromatic rings. The fourth-order valence-corrected chi connectivity index (χ4v) is 3.81. The summed E-state index contributed by atoms with van der Waals surface area (Å²) in [4.78, 5) is 13.3. The van der Waals surface area contributed by atoms with E-state index in [4.69, 9.17) is 5.14 Å². The van der Waals surface area contributed by atoms with Crippen LogP contribution in [0.5, 0.6) is 0 Å². The summed E-state index contributed by atoms with van der Waals surface area (Å²) in [5, 5.41) is 9.48. The highest BCUT2D eigenvalue weighted by molar-refractivity contribution is 7.89. The summed E-state index contributed by atoms with van der Waals surface area (Å²) in [6, 6.07) is 20.9. The summed E-state index contributed by atoms with van der Waals surface area (Å²) in [5.41, 5.74) is 2.52. The first kappa shape index (κ1) is 20.6. The van der Waals surface area contributed by atoms with E-state index in [1.54, 1.807) is 18.3 Å². The number of hydrogen-bond donors (Lipinski definition) is 1. The van der Waals surface area contributed by atoms with Crippen LogP contribution in [0, 0.1) is 5.82 Å². The minimum absolute atomic E-state index is 0.0371. The van der Waals surface area contributed by atoms with Crippen LogP contribution >= 0.6 is 0 Å². The molecular formula is C23H18FN3O3S. The Morgan fingerprint density at radius 3 is 2.10 bits per heavy atom. The average Bonchev–Trinajstić information content (AvgIpc) is 2.76. The minimum Gasteiger partial charge on any atom is -0.267 e. The van der Waals surface area contributed by atoms with Gasteiger partial charge in [0.1, 0.15) is 5.82 Å². The molecule has 0 bridgehead atoms. The maximum atomic E-state index is 13.5. The van der Waals surface area contributed by atoms with E-state index in [1.165, 1.54) is 41.1 Å². The average molecular weight is 435 g/mol. The normalized spacial score (nSPS) is 11.4. The molecule has 31 heavy (non-hydrogen) atoms. The Labute approximate surface area is 178 Å². The molecule has 1 heterocycles. The highest BCUT2D eigenvalue weighted by Crippen LogP contribution is 2.29. The van der Waals surface area contributed by atoms with Crippen molar-refractivity contribution in [3.63, 3.8) is 0 Å². The van der Waals surface area contributed by atoms with Crippen LogP contribution in [-0.4, -0.2) is 18.2 Å². The molecule has 2 N–H and O–H groups in total. The lowest BCUT2D eigenvalue weighted by Crippen LogP contribution is -2.25. The maximum Gasteiger partial charge on any atom is 0.275 e. The van der Waals surface area contributed by atoms with E-state index in [0.29, 0.717) is 22.3 Å². The third-order valence-corrected chi connectivity index (χ3v) is 5.78. The molecular weight excluding hydrogens is 417 g/mol. The Morgan fingerprint density at radius 1 is 0.871 bits per heavy atom. The van der Waals surface area contributed by atoms with Crippen molar-refractivity contribution < 1.29 is 12.8 Å². The third kappa shape index (κ3) is 4.45. The molecule has 0 aliphatic carbocycles. The van der Waals surface area contributed by atoms with Gasteiger partial charge in [0.15, 0.2) is 0 Å². The van der Waals surface area contributed by atoms with Crippen LogP contribution in [0.1, 0.15) is 5.56 Å². The van der Waals surface area contributed by atoms with Crippen molar-refractivity contribution in [1.82, 2.24) is 9.78 Å². The van der Waals surface area contributed by atoms with Crippen molar-refractivity contribution in [2.45, 2.75) is 11.4 Å². The zero-order valence-electron chi connectivity index (χ0n) is 16.3. The number of hydrogen-bond acceptors (Lipinski definition) is 4. The highest BCUT2D eigenvalue weighted by Gasteiger charge is 2.16. The summed E-state index contributed by atoms with van der Waals surface area (Å²) < 4.78 is 37.9. The molecule has 0 unspecified atom stereocenters. The number of sulfonamides is 1. The SMILES string of the molecule is NS(=O)(=O)c1ccc(-c2cnn(Cc3ccccc3)c(=O)c2-c2ccc(F)cc2)cc1. The minimum atomic E-state index is -3.84. The van der Waals surface area contributed by atoms with Gasteiger partial charge in [-0.15, -0.1) is 0 Å². The van der Waals surface area contributed by atoms with Gasteiger partial charge in [0, 0.05) is 5.56 Å². The van der Waals surface area contributed by atoms with E-state index < -0.39 is 15.8 Å². The van der Waals surface area contributed by atoms with Gasteiger partial charge >= 0.3 is 0 Å². The smallest absolute Gasteiger partial charge is 0.267 e. The lowest BCUT2D eigenvalue weighted by molar-refractivity contribution is 0.598. The van der Waals surface area contributed by atoms with Gasteiger partial charge in [-0.3, -0.25) is 4.79 Å². The first-order valence-corrected chi connectivity index (χ1v) is 10.9. The molecule has 6 nitrogen and oxygen atoms in total. The molecule has 8 heteroatoms. The Hall–Kier alpha value is -3.62. The quantitative estimate of drug-likeness (QED) is 0.520. The van der Waals surface area contributed by atoms with Crippen molar-refractivity contribution in [3.05, 3.63) is 107 Å². The second-order valence-electron chi connectivity index (χ2n) is 6.96. The maximum absolute atomic E-state index is 13.5. The zero-order valence-corrected chi connectivity index (χ0v) is 17.1. The summed E-state index contributed by atoms with van der Waals surface area (Å²) in [7, 11) is -3.84. The highest BCUT2D eigenvalue weighted by atomic mass is 32.2. The van der Waals surface area contributed by atoms with E-state index in [0.717, 1.165) is 5.56 Å². The van der Waals surface area contributed by atoms with Gasteiger partial charge in [0.25, 0.3) is 5.56 Å². The van der Waals surface area contributed by atoms with Crippen LogP contribution in [0.3, 0.4) is 0 Å². The molecule has 156 valence electrons. The molecule has 0 spiro atoms. The van der Waals surface area contributed by atoms with Crippen molar-refractivity contribution in [3.8, 4) is 22.3 Å². The molecule has 3 aromatic carbocycles. The van der Waals surface area contributed by atoms with Gasteiger partial charge in [-0.25, -0.2) is 22.6 Å². The number of rotatable bonds is 5. The molecule has 0 fully saturated rings. The number of aromatic nitrogens is 2. The lowest BCUT2D eigenvalue weighted by Gasteiger charge is -2.13. The number of nitrogens with two attached hydrogens (primary N) is 1. The number of primary sulfonamides is 1. The monoisotopic (exact) mass is 435 g/mol. The molecule has 0 aliphatic heterocycles. The largest absolute Gasteiger partial charge is 0.275 e. The molecule has 0 saturated carbocycles. The Bertz CT molecular complexity index is 1380. The molecule has 0 aliphatic rings. The third-order valence-electron chi connectivity index (χ3n) is 4.85. The molecule has 0 amide bonds. The number of benzene rings is 3. The van der Waals surface area contributed by atoms with Gasteiger partial charge in [-0.1, -0.05) is 54.6 Å². The van der Waals surface area contributed by atoms with Crippen LogP contribution in [-0.2, 0) is 16.6 Å². The van der Waals surface area contributed by atoms with E-state index >= 15 is 0 Å². The molecule has 0 radical (unpaired) electrons. The van der Waals surface area contributed by atoms with E-state index in [9.17, 15) is 17.6 Å². The summed E-state index contributed by atoms with van der Waals surface area (Å²) in [6.45, 7) is 0.276. The van der Waals surface area contributed by atoms with Crippen molar-refractivity contribution in [1.29, 1.82) is 0 Å². The van der Waals surface area contributed by atoms with Crippen LogP contribution in [0.4, 0.5) is 4.39 Å². The van der Waals surface area contributed by atoms with E-state index in [1.807, 2.05) is 30.3 Å². The second kappa shape index (κ2) is 8.25. The fraction of sp³-hybridized carbons (Fsp3) is 0.0435. The Kier molecular flexibility index (Phi) is 5.50. The fourth-order valence-electron chi connectivity index (χ4n) is 3.30. The van der Waals surface area contributed by atoms with Crippen LogP contribution < -0.4 is 10.7 Å². The number of nitrogens with zero attached hydrogens (tertiary/aromatic N) is 2. The van der Waals surface area contributed by atoms with Crippen molar-refractivity contribution in [2.75, 3.05) is 0 Å². The van der Waals surface area contributed by atoms with Gasteiger partial charge < -0.3 is 0 Å². The number of halogens is 1. The molecule has 0 atom stereocenters. The van der Waals surface area contributed by atoms with Gasteiger partial charge in [0.05, 0.1) is 23.2 Å². The molecule has 0 saturated heterocycles. The molecule has 1 aromatic heterocycles. The first-order valence-electron chi connectivity index (χ1n) is 9.36. The van der Waals surface area contributed by atoms with Gasteiger partial charge in [-0.05, 0) is 41.0 Å². The van der Waals surface area contributed by atoms with Gasteiger partial charge in [-0.2, -0.15) is 5.10 Å². The van der Waals surface area contributed by atoms with Crippen molar-refractivity contribution >= 4 is 10.0 Å². The van der Waals surface area contributed by atoms with Crippen LogP contribution in [0.25, 0.3) is 22.3 Å². The Morgan fingerprint density at radius 2 is 1.48 bits per heavy atom. The zero-order chi connectivity index (χ0) is 22.0.